The molecule has 1 saturated heterocycles. The van der Waals surface area contributed by atoms with Crippen LogP contribution in [0.25, 0.3) is 16.6 Å². The number of carbonyl (C=O) groups is 2. The van der Waals surface area contributed by atoms with Crippen LogP contribution in [-0.2, 0) is 23.2 Å². The zero-order chi connectivity index (χ0) is 29.4. The van der Waals surface area contributed by atoms with Crippen molar-refractivity contribution in [3.8, 4) is 5.69 Å². The second-order valence-electron chi connectivity index (χ2n) is 11.1. The maximum Gasteiger partial charge on any atom is 0.407 e. The van der Waals surface area contributed by atoms with Crippen LogP contribution >= 0.6 is 0 Å². The van der Waals surface area contributed by atoms with Crippen molar-refractivity contribution < 1.29 is 14.3 Å². The molecule has 5 aromatic rings. The fourth-order valence-electron chi connectivity index (χ4n) is 5.61. The summed E-state index contributed by atoms with van der Waals surface area (Å²) in [4.78, 5) is 40.8. The first-order valence-electron chi connectivity index (χ1n) is 13.7. The highest BCUT2D eigenvalue weighted by molar-refractivity contribution is 6.03. The maximum atomic E-state index is 14.1. The Morgan fingerprint density at radius 1 is 0.929 bits per heavy atom. The van der Waals surface area contributed by atoms with Crippen LogP contribution in [0.5, 0.6) is 0 Å². The van der Waals surface area contributed by atoms with Gasteiger partial charge in [0, 0.05) is 30.4 Å². The summed E-state index contributed by atoms with van der Waals surface area (Å²) >= 11 is 0. The predicted octanol–water partition coefficient (Wildman–Crippen LogP) is 5.13. The Hall–Kier alpha value is -5.18. The van der Waals surface area contributed by atoms with Crippen molar-refractivity contribution in [2.24, 2.45) is 12.5 Å². The van der Waals surface area contributed by atoms with E-state index >= 15 is 0 Å². The average Bonchev–Trinajstić information content (AvgIpc) is 3.50. The van der Waals surface area contributed by atoms with Crippen LogP contribution in [0.3, 0.4) is 0 Å². The van der Waals surface area contributed by atoms with Gasteiger partial charge in [-0.3, -0.25) is 9.59 Å². The lowest BCUT2D eigenvalue weighted by atomic mass is 9.82. The van der Waals surface area contributed by atoms with Crippen molar-refractivity contribution in [1.82, 2.24) is 19.7 Å². The first-order valence-corrected chi connectivity index (χ1v) is 13.7. The van der Waals surface area contributed by atoms with Crippen molar-refractivity contribution in [2.45, 2.75) is 32.5 Å². The lowest BCUT2D eigenvalue weighted by molar-refractivity contribution is -0.124. The molecule has 0 saturated carbocycles. The summed E-state index contributed by atoms with van der Waals surface area (Å²) in [5.41, 5.74) is 3.01. The number of alkyl carbamates (subject to hydrolysis) is 1. The number of anilines is 1. The van der Waals surface area contributed by atoms with Gasteiger partial charge in [-0.05, 0) is 49.2 Å². The van der Waals surface area contributed by atoms with Gasteiger partial charge in [-0.15, -0.1) is 0 Å². The minimum atomic E-state index is -0.930. The maximum absolute atomic E-state index is 14.1. The van der Waals surface area contributed by atoms with Gasteiger partial charge in [-0.25, -0.2) is 9.48 Å². The number of aromatic nitrogens is 3. The van der Waals surface area contributed by atoms with Gasteiger partial charge >= 0.3 is 6.09 Å². The summed E-state index contributed by atoms with van der Waals surface area (Å²) in [7, 11) is 1.70. The zero-order valence-corrected chi connectivity index (χ0v) is 23.6. The van der Waals surface area contributed by atoms with E-state index in [4.69, 9.17) is 4.74 Å². The van der Waals surface area contributed by atoms with E-state index in [-0.39, 0.29) is 18.1 Å². The third-order valence-corrected chi connectivity index (χ3v) is 7.91. The number of rotatable bonds is 6. The van der Waals surface area contributed by atoms with Gasteiger partial charge in [0.2, 0.25) is 11.5 Å². The predicted molar refractivity (Wildman–Crippen MR) is 160 cm³/mol. The van der Waals surface area contributed by atoms with E-state index < -0.39 is 23.6 Å². The Balaban J connectivity index is 1.35. The molecule has 212 valence electrons. The van der Waals surface area contributed by atoms with E-state index in [0.717, 1.165) is 27.7 Å². The van der Waals surface area contributed by atoms with Gasteiger partial charge in [-0.1, -0.05) is 60.7 Å². The smallest absolute Gasteiger partial charge is 0.407 e. The number of amides is 2. The molecular weight excluding hydrogens is 530 g/mol. The lowest BCUT2D eigenvalue weighted by Gasteiger charge is -2.30. The molecule has 1 aliphatic rings. The van der Waals surface area contributed by atoms with E-state index in [1.165, 1.54) is 10.6 Å². The second-order valence-corrected chi connectivity index (χ2v) is 11.1. The van der Waals surface area contributed by atoms with Crippen molar-refractivity contribution in [2.75, 3.05) is 4.90 Å². The number of hydrogen-bond acceptors (Lipinski definition) is 5. The molecule has 3 heterocycles. The van der Waals surface area contributed by atoms with E-state index in [1.54, 1.807) is 35.1 Å². The van der Waals surface area contributed by atoms with Crippen LogP contribution in [-0.4, -0.2) is 32.4 Å². The number of nitrogens with zero attached hydrogens (tertiary/aromatic N) is 4. The molecule has 9 nitrogen and oxygen atoms in total. The number of nitrogens with one attached hydrogen (secondary N) is 1. The lowest BCUT2D eigenvalue weighted by Crippen LogP contribution is -2.46. The molecule has 1 N–H and O–H groups in total. The van der Waals surface area contributed by atoms with Gasteiger partial charge in [0.25, 0.3) is 0 Å². The highest BCUT2D eigenvalue weighted by Gasteiger charge is 2.55. The Bertz CT molecular complexity index is 1830. The molecule has 2 amide bonds. The number of carbonyl (C=O) groups excluding carboxylic acids is 2. The number of benzene rings is 3. The van der Waals surface area contributed by atoms with Crippen LogP contribution in [0, 0.1) is 5.41 Å². The number of pyridine rings is 1. The molecule has 2 aromatic heterocycles. The molecule has 0 bridgehead atoms. The molecule has 6 rings (SSSR count). The Morgan fingerprint density at radius 3 is 2.33 bits per heavy atom. The largest absolute Gasteiger partial charge is 0.445 e. The molecule has 9 heteroatoms. The monoisotopic (exact) mass is 561 g/mol. The van der Waals surface area contributed by atoms with Crippen molar-refractivity contribution in [3.05, 3.63) is 125 Å². The fourth-order valence-corrected chi connectivity index (χ4v) is 5.61. The highest BCUT2D eigenvalue weighted by Crippen LogP contribution is 2.47. The van der Waals surface area contributed by atoms with Crippen LogP contribution in [0.15, 0.2) is 108 Å². The van der Waals surface area contributed by atoms with Crippen molar-refractivity contribution >= 4 is 28.6 Å². The van der Waals surface area contributed by atoms with Gasteiger partial charge < -0.3 is 19.5 Å². The van der Waals surface area contributed by atoms with Crippen molar-refractivity contribution in [1.29, 1.82) is 0 Å². The molecule has 0 radical (unpaired) electrons. The molecule has 1 aliphatic heterocycles. The Kier molecular flexibility index (Phi) is 6.86. The highest BCUT2D eigenvalue weighted by atomic mass is 16.5. The zero-order valence-electron chi connectivity index (χ0n) is 23.6. The minimum absolute atomic E-state index is 0.105. The van der Waals surface area contributed by atoms with Crippen molar-refractivity contribution in [3.63, 3.8) is 0 Å². The van der Waals surface area contributed by atoms with E-state index in [0.29, 0.717) is 5.69 Å². The summed E-state index contributed by atoms with van der Waals surface area (Å²) in [6.45, 7) is 3.83. The molecule has 1 fully saturated rings. The van der Waals surface area contributed by atoms with E-state index in [2.05, 4.69) is 10.4 Å². The van der Waals surface area contributed by atoms with Gasteiger partial charge in [0.05, 0.1) is 34.9 Å². The second kappa shape index (κ2) is 10.7. The van der Waals surface area contributed by atoms with Crippen LogP contribution in [0.4, 0.5) is 10.5 Å². The molecule has 42 heavy (non-hydrogen) atoms. The summed E-state index contributed by atoms with van der Waals surface area (Å²) in [6.07, 6.45) is 2.89. The molecular formula is C33H31N5O4. The van der Waals surface area contributed by atoms with Crippen LogP contribution in [0.2, 0.25) is 0 Å². The SMILES string of the molecule is Cn1cc(-n2ncc3cc(N4C(=O)C(C)(C)[C@H](NC(=O)OCc5ccccc5)[C@H]4c4ccccc4)ccc32)ccc1=O. The third kappa shape index (κ3) is 4.83. The first kappa shape index (κ1) is 27.0. The van der Waals surface area contributed by atoms with Gasteiger partial charge in [0.1, 0.15) is 6.61 Å². The van der Waals surface area contributed by atoms with Gasteiger partial charge in [0.15, 0.2) is 0 Å². The number of fused-ring (bicyclic) bond motifs is 1. The minimum Gasteiger partial charge on any atom is -0.445 e. The summed E-state index contributed by atoms with van der Waals surface area (Å²) in [6, 6.07) is 27.1. The van der Waals surface area contributed by atoms with Crippen LogP contribution < -0.4 is 15.8 Å². The van der Waals surface area contributed by atoms with Crippen LogP contribution in [0.1, 0.15) is 31.0 Å². The fraction of sp³-hybridized carbons (Fsp3) is 0.212. The Labute approximate surface area is 243 Å². The molecule has 0 unspecified atom stereocenters. The number of hydrogen-bond donors (Lipinski definition) is 1. The number of aryl methyl sites for hydroxylation is 1. The van der Waals surface area contributed by atoms with E-state index in [9.17, 15) is 14.4 Å². The Morgan fingerprint density at radius 2 is 1.62 bits per heavy atom. The van der Waals surface area contributed by atoms with E-state index in [1.807, 2.05) is 92.7 Å². The quantitative estimate of drug-likeness (QED) is 0.310. The first-order chi connectivity index (χ1) is 20.2. The molecule has 0 spiro atoms. The summed E-state index contributed by atoms with van der Waals surface area (Å²) < 4.78 is 8.81. The number of ether oxygens (including phenoxy) is 1. The molecule has 0 aliphatic carbocycles. The van der Waals surface area contributed by atoms with Gasteiger partial charge in [-0.2, -0.15) is 5.10 Å². The average molecular weight is 562 g/mol. The summed E-state index contributed by atoms with van der Waals surface area (Å²) in [5.74, 6) is -0.116. The normalized spacial score (nSPS) is 17.9. The molecule has 3 aromatic carbocycles. The molecule has 2 atom stereocenters. The third-order valence-electron chi connectivity index (χ3n) is 7.91. The standard InChI is InChI=1S/C33H31N5O4/c1-33(2)30(35-32(41)42-21-22-10-6-4-7-11-22)29(23-12-8-5-9-13-23)37(31(33)40)25-14-16-27-24(18-25)19-34-38(27)26-15-17-28(39)36(3)20-26/h4-20,29-30H,21H2,1-3H3,(H,35,41)/t29-,30-/m1/s1. The summed E-state index contributed by atoms with van der Waals surface area (Å²) in [5, 5.41) is 8.41. The topological polar surface area (TPSA) is 98.5 Å².